The van der Waals surface area contributed by atoms with E-state index in [-0.39, 0.29) is 0 Å². The van der Waals surface area contributed by atoms with Gasteiger partial charge in [0, 0.05) is 18.0 Å². The quantitative estimate of drug-likeness (QED) is 0.815. The Morgan fingerprint density at radius 3 is 2.24 bits per heavy atom. The zero-order chi connectivity index (χ0) is 15.0. The fourth-order valence-corrected chi connectivity index (χ4v) is 2.65. The van der Waals surface area contributed by atoms with Gasteiger partial charge in [-0.05, 0) is 55.5 Å². The van der Waals surface area contributed by atoms with E-state index in [0.717, 1.165) is 5.70 Å². The van der Waals surface area contributed by atoms with Crippen molar-refractivity contribution >= 4 is 11.8 Å². The third-order valence-electron chi connectivity index (χ3n) is 4.28. The maximum Gasteiger partial charge on any atom is 0.0761 e. The van der Waals surface area contributed by atoms with Crippen molar-refractivity contribution < 1.29 is 0 Å². The molecule has 2 aromatic rings. The van der Waals surface area contributed by atoms with E-state index in [1.54, 1.807) is 0 Å². The van der Waals surface area contributed by atoms with Crippen LogP contribution in [0, 0.1) is 13.8 Å². The lowest BCUT2D eigenvalue weighted by Crippen LogP contribution is -1.96. The molecule has 0 spiro atoms. The molecule has 0 amide bonds. The summed E-state index contributed by atoms with van der Waals surface area (Å²) < 4.78 is 0. The van der Waals surface area contributed by atoms with E-state index in [4.69, 9.17) is 0 Å². The van der Waals surface area contributed by atoms with E-state index < -0.39 is 0 Å². The first-order valence-electron chi connectivity index (χ1n) is 7.26. The Morgan fingerprint density at radius 1 is 1.00 bits per heavy atom. The summed E-state index contributed by atoms with van der Waals surface area (Å²) in [5.74, 6) is 0. The lowest BCUT2D eigenvalue weighted by molar-refractivity contribution is 1.25. The highest BCUT2D eigenvalue weighted by atomic mass is 14.8. The second-order valence-corrected chi connectivity index (χ2v) is 5.63. The topological polar surface area (TPSA) is 28.1 Å². The number of benzene rings is 1. The number of hydrogen-bond acceptors (Lipinski definition) is 1. The molecule has 1 aliphatic heterocycles. The Hall–Kier alpha value is -2.35. The molecule has 3 rings (SSSR count). The first-order chi connectivity index (χ1) is 10.1. The van der Waals surface area contributed by atoms with Crippen LogP contribution in [0.3, 0.4) is 0 Å². The van der Waals surface area contributed by atoms with E-state index in [1.807, 2.05) is 12.3 Å². The predicted molar refractivity (Wildman–Crippen MR) is 89.6 cm³/mol. The molecule has 0 radical (unpaired) electrons. The lowest BCUT2D eigenvalue weighted by atomic mass is 9.94. The number of nitrogens with zero attached hydrogens (tertiary/aromatic N) is 1. The molecule has 1 aliphatic rings. The van der Waals surface area contributed by atoms with Gasteiger partial charge < -0.3 is 4.98 Å². The number of aromatic amines is 1. The summed E-state index contributed by atoms with van der Waals surface area (Å²) in [7, 11) is 0. The van der Waals surface area contributed by atoms with Crippen molar-refractivity contribution in [1.82, 2.24) is 4.98 Å². The minimum atomic E-state index is 1.07. The highest BCUT2D eigenvalue weighted by Crippen LogP contribution is 2.35. The van der Waals surface area contributed by atoms with Crippen molar-refractivity contribution in [2.24, 2.45) is 4.99 Å². The number of hydrogen-bond donors (Lipinski definition) is 1. The molecule has 106 valence electrons. The van der Waals surface area contributed by atoms with Gasteiger partial charge in [0.15, 0.2) is 0 Å². The average Bonchev–Trinajstić information content (AvgIpc) is 2.99. The molecule has 0 saturated heterocycles. The van der Waals surface area contributed by atoms with Crippen molar-refractivity contribution in [2.45, 2.75) is 27.7 Å². The second-order valence-electron chi connectivity index (χ2n) is 5.63. The van der Waals surface area contributed by atoms with Crippen LogP contribution in [0.2, 0.25) is 0 Å². The summed E-state index contributed by atoms with van der Waals surface area (Å²) in [6.45, 7) is 8.55. The van der Waals surface area contributed by atoms with Gasteiger partial charge >= 0.3 is 0 Å². The molecule has 0 fully saturated rings. The van der Waals surface area contributed by atoms with E-state index >= 15 is 0 Å². The number of H-pyrrole nitrogens is 1. The number of aryl methyl sites for hydroxylation is 1. The maximum atomic E-state index is 4.66. The van der Waals surface area contributed by atoms with Gasteiger partial charge in [0.2, 0.25) is 0 Å². The number of aromatic nitrogens is 1. The highest BCUT2D eigenvalue weighted by molar-refractivity contribution is 5.93. The number of allylic oxidation sites excluding steroid dienone is 2. The van der Waals surface area contributed by atoms with Crippen molar-refractivity contribution in [3.05, 3.63) is 75.8 Å². The summed E-state index contributed by atoms with van der Waals surface area (Å²) >= 11 is 0. The van der Waals surface area contributed by atoms with Crippen molar-refractivity contribution in [1.29, 1.82) is 0 Å². The molecule has 2 heterocycles. The molecule has 0 atom stereocenters. The Morgan fingerprint density at radius 2 is 1.71 bits per heavy atom. The molecule has 0 saturated carbocycles. The molecular weight excluding hydrogens is 256 g/mol. The fourth-order valence-electron chi connectivity index (χ4n) is 2.65. The Kier molecular flexibility index (Phi) is 3.38. The summed E-state index contributed by atoms with van der Waals surface area (Å²) in [5.41, 5.74) is 9.67. The monoisotopic (exact) mass is 276 g/mol. The average molecular weight is 276 g/mol. The van der Waals surface area contributed by atoms with Crippen LogP contribution in [0.25, 0.3) is 5.57 Å². The largest absolute Gasteiger partial charge is 0.361 e. The minimum Gasteiger partial charge on any atom is -0.361 e. The molecule has 1 aromatic carbocycles. The van der Waals surface area contributed by atoms with Gasteiger partial charge in [-0.2, -0.15) is 0 Å². The summed E-state index contributed by atoms with van der Waals surface area (Å²) in [5, 5.41) is 0. The van der Waals surface area contributed by atoms with Gasteiger partial charge in [-0.3, -0.25) is 4.99 Å². The molecule has 2 heteroatoms. The standard InChI is InChI=1S/C19H20N2/c1-12-10-20-18(14(12)3)17(16-8-6-5-7-9-16)19-15(4)13(2)11-21-19/h5-11,20H,1-4H3. The molecule has 2 nitrogen and oxygen atoms in total. The maximum absolute atomic E-state index is 4.66. The third kappa shape index (κ3) is 2.27. The lowest BCUT2D eigenvalue weighted by Gasteiger charge is -2.12. The van der Waals surface area contributed by atoms with Gasteiger partial charge in [0.05, 0.1) is 11.4 Å². The molecule has 1 N–H and O–H groups in total. The van der Waals surface area contributed by atoms with Gasteiger partial charge in [0.25, 0.3) is 0 Å². The molecule has 0 aliphatic carbocycles. The molecule has 21 heavy (non-hydrogen) atoms. The van der Waals surface area contributed by atoms with Gasteiger partial charge in [-0.1, -0.05) is 30.3 Å². The van der Waals surface area contributed by atoms with E-state index in [1.165, 1.54) is 39.1 Å². The highest BCUT2D eigenvalue weighted by Gasteiger charge is 2.20. The van der Waals surface area contributed by atoms with Crippen molar-refractivity contribution in [2.75, 3.05) is 0 Å². The second kappa shape index (κ2) is 5.21. The van der Waals surface area contributed by atoms with Crippen LogP contribution in [0.15, 0.2) is 58.4 Å². The fraction of sp³-hybridized carbons (Fsp3) is 0.211. The van der Waals surface area contributed by atoms with Crippen LogP contribution in [-0.2, 0) is 0 Å². The van der Waals surface area contributed by atoms with Crippen LogP contribution in [-0.4, -0.2) is 11.2 Å². The van der Waals surface area contributed by atoms with E-state index in [2.05, 4.69) is 68.1 Å². The van der Waals surface area contributed by atoms with Crippen LogP contribution < -0.4 is 0 Å². The normalized spacial score (nSPS) is 16.8. The summed E-state index contributed by atoms with van der Waals surface area (Å²) in [6, 6.07) is 10.5. The smallest absolute Gasteiger partial charge is 0.0761 e. The van der Waals surface area contributed by atoms with E-state index in [0.29, 0.717) is 0 Å². The summed E-state index contributed by atoms with van der Waals surface area (Å²) in [4.78, 5) is 8.09. The third-order valence-corrected chi connectivity index (χ3v) is 4.28. The van der Waals surface area contributed by atoms with Gasteiger partial charge in [-0.25, -0.2) is 0 Å². The SMILES string of the molecule is CC1=C(C)C(=C(c2ccccc2)c2[nH]cc(C)c2C)N=C1. The Bertz CT molecular complexity index is 771. The Labute approximate surface area is 125 Å². The van der Waals surface area contributed by atoms with Crippen LogP contribution in [0.1, 0.15) is 36.2 Å². The number of rotatable bonds is 2. The first-order valence-corrected chi connectivity index (χ1v) is 7.26. The van der Waals surface area contributed by atoms with E-state index in [9.17, 15) is 0 Å². The predicted octanol–water partition coefficient (Wildman–Crippen LogP) is 4.81. The zero-order valence-electron chi connectivity index (χ0n) is 13.0. The van der Waals surface area contributed by atoms with Gasteiger partial charge in [-0.15, -0.1) is 0 Å². The van der Waals surface area contributed by atoms with Crippen molar-refractivity contribution in [3.8, 4) is 0 Å². The number of nitrogens with one attached hydrogen (secondary N) is 1. The van der Waals surface area contributed by atoms with Crippen molar-refractivity contribution in [3.63, 3.8) is 0 Å². The zero-order valence-corrected chi connectivity index (χ0v) is 13.0. The minimum absolute atomic E-state index is 1.07. The van der Waals surface area contributed by atoms with Gasteiger partial charge in [0.1, 0.15) is 0 Å². The van der Waals surface area contributed by atoms with Crippen LogP contribution >= 0.6 is 0 Å². The number of aliphatic imine (C=N–C) groups is 1. The molecule has 0 unspecified atom stereocenters. The first kappa shape index (κ1) is 13.6. The Balaban J connectivity index is 2.31. The molecular formula is C19H20N2. The molecule has 0 bridgehead atoms. The van der Waals surface area contributed by atoms with Crippen LogP contribution in [0.5, 0.6) is 0 Å². The molecule has 1 aromatic heterocycles. The summed E-state index contributed by atoms with van der Waals surface area (Å²) in [6.07, 6.45) is 4.03. The van der Waals surface area contributed by atoms with Crippen LogP contribution in [0.4, 0.5) is 0 Å².